The third kappa shape index (κ3) is 8.93. The van der Waals surface area contributed by atoms with Gasteiger partial charge >= 0.3 is 6.09 Å². The summed E-state index contributed by atoms with van der Waals surface area (Å²) in [5.41, 5.74) is 3.46. The third-order valence-electron chi connectivity index (χ3n) is 6.91. The van der Waals surface area contributed by atoms with E-state index in [2.05, 4.69) is 10.6 Å². The van der Waals surface area contributed by atoms with Crippen molar-refractivity contribution in [2.45, 2.75) is 85.0 Å². The van der Waals surface area contributed by atoms with Crippen molar-refractivity contribution < 1.29 is 19.1 Å². The van der Waals surface area contributed by atoms with Crippen molar-refractivity contribution >= 4 is 23.6 Å². The van der Waals surface area contributed by atoms with Crippen molar-refractivity contribution in [1.29, 1.82) is 0 Å². The Labute approximate surface area is 244 Å². The van der Waals surface area contributed by atoms with Gasteiger partial charge in [-0.1, -0.05) is 85.3 Å². The lowest BCUT2D eigenvalue weighted by molar-refractivity contribution is -0.143. The second kappa shape index (κ2) is 14.0. The first kappa shape index (κ1) is 31.4. The predicted molar refractivity (Wildman–Crippen MR) is 164 cm³/mol. The van der Waals surface area contributed by atoms with Crippen LogP contribution in [0.2, 0.25) is 0 Å². The number of rotatable bonds is 10. The molecule has 3 aromatic carbocycles. The van der Waals surface area contributed by atoms with E-state index in [1.807, 2.05) is 107 Å². The van der Waals surface area contributed by atoms with E-state index < -0.39 is 23.8 Å². The van der Waals surface area contributed by atoms with Gasteiger partial charge in [0.2, 0.25) is 5.91 Å². The average molecular weight is 558 g/mol. The Balaban J connectivity index is 2.08. The molecule has 3 amide bonds. The van der Waals surface area contributed by atoms with Crippen LogP contribution in [0.3, 0.4) is 0 Å². The van der Waals surface area contributed by atoms with Gasteiger partial charge < -0.3 is 20.3 Å². The lowest BCUT2D eigenvalue weighted by Crippen LogP contribution is -2.55. The first-order valence-electron chi connectivity index (χ1n) is 14.2. The average Bonchev–Trinajstić information content (AvgIpc) is 2.92. The minimum atomic E-state index is -0.958. The Morgan fingerprint density at radius 3 is 2.07 bits per heavy atom. The van der Waals surface area contributed by atoms with E-state index in [0.717, 1.165) is 16.7 Å². The van der Waals surface area contributed by atoms with Crippen LogP contribution >= 0.6 is 0 Å². The van der Waals surface area contributed by atoms with Gasteiger partial charge in [-0.3, -0.25) is 9.59 Å². The molecule has 3 rings (SSSR count). The normalized spacial score (nSPS) is 13.4. The summed E-state index contributed by atoms with van der Waals surface area (Å²) in [5.74, 6) is -0.688. The standard InChI is InChI=1S/C34H43N3O4/c1-8-25(4)37(32(39)29(22-26-15-10-9-11-16-26)36-33(40)41-34(5,6)7)30(27-20-18-23(2)19-21-27)31(38)35-28-17-13-12-14-24(28)3/h9-21,25,29-30H,8,22H2,1-7H3,(H,35,38)(H,36,40). The zero-order valence-corrected chi connectivity index (χ0v) is 25.2. The molecule has 41 heavy (non-hydrogen) atoms. The number of carbonyl (C=O) groups is 3. The molecule has 0 saturated carbocycles. The molecular formula is C34H43N3O4. The van der Waals surface area contributed by atoms with Gasteiger partial charge in [0, 0.05) is 18.2 Å². The van der Waals surface area contributed by atoms with E-state index in [0.29, 0.717) is 17.7 Å². The molecule has 218 valence electrons. The molecule has 0 spiro atoms. The molecule has 0 bridgehead atoms. The predicted octanol–water partition coefficient (Wildman–Crippen LogP) is 6.75. The van der Waals surface area contributed by atoms with E-state index in [4.69, 9.17) is 4.74 Å². The zero-order valence-electron chi connectivity index (χ0n) is 25.2. The number of ether oxygens (including phenoxy) is 1. The largest absolute Gasteiger partial charge is 0.444 e. The van der Waals surface area contributed by atoms with Gasteiger partial charge in [0.1, 0.15) is 17.7 Å². The van der Waals surface area contributed by atoms with Gasteiger partial charge in [-0.05, 0) is 70.7 Å². The molecule has 0 fully saturated rings. The first-order valence-corrected chi connectivity index (χ1v) is 14.2. The topological polar surface area (TPSA) is 87.7 Å². The molecule has 0 heterocycles. The molecule has 0 aliphatic rings. The second-order valence-corrected chi connectivity index (χ2v) is 11.5. The van der Waals surface area contributed by atoms with Crippen molar-refractivity contribution in [3.8, 4) is 0 Å². The van der Waals surface area contributed by atoms with Crippen LogP contribution in [0.5, 0.6) is 0 Å². The highest BCUT2D eigenvalue weighted by molar-refractivity contribution is 5.99. The number of hydrogen-bond donors (Lipinski definition) is 2. The number of nitrogens with one attached hydrogen (secondary N) is 2. The number of carbonyl (C=O) groups excluding carboxylic acids is 3. The molecule has 0 saturated heterocycles. The molecule has 0 aliphatic heterocycles. The summed E-state index contributed by atoms with van der Waals surface area (Å²) in [7, 11) is 0. The molecule has 7 nitrogen and oxygen atoms in total. The minimum Gasteiger partial charge on any atom is -0.444 e. The van der Waals surface area contributed by atoms with E-state index in [1.165, 1.54) is 0 Å². The lowest BCUT2D eigenvalue weighted by atomic mass is 9.97. The van der Waals surface area contributed by atoms with E-state index in [9.17, 15) is 14.4 Å². The number of anilines is 1. The molecule has 0 aliphatic carbocycles. The smallest absolute Gasteiger partial charge is 0.408 e. The van der Waals surface area contributed by atoms with Gasteiger partial charge in [-0.2, -0.15) is 0 Å². The summed E-state index contributed by atoms with van der Waals surface area (Å²) in [4.78, 5) is 43.2. The Morgan fingerprint density at radius 1 is 0.878 bits per heavy atom. The minimum absolute atomic E-state index is 0.242. The molecular weight excluding hydrogens is 514 g/mol. The number of amides is 3. The van der Waals surface area contributed by atoms with E-state index in [-0.39, 0.29) is 24.3 Å². The summed E-state index contributed by atoms with van der Waals surface area (Å²) in [6, 6.07) is 22.5. The monoisotopic (exact) mass is 557 g/mol. The number of para-hydroxylation sites is 1. The summed E-state index contributed by atoms with van der Waals surface area (Å²) >= 11 is 0. The zero-order chi connectivity index (χ0) is 30.2. The fourth-order valence-corrected chi connectivity index (χ4v) is 4.58. The maximum Gasteiger partial charge on any atom is 0.408 e. The molecule has 7 heteroatoms. The quantitative estimate of drug-likeness (QED) is 0.289. The van der Waals surface area contributed by atoms with Crippen molar-refractivity contribution in [3.05, 3.63) is 101 Å². The highest BCUT2D eigenvalue weighted by Crippen LogP contribution is 2.29. The van der Waals surface area contributed by atoms with Crippen LogP contribution in [0.25, 0.3) is 0 Å². The van der Waals surface area contributed by atoms with Gasteiger partial charge in [-0.25, -0.2) is 4.79 Å². The number of nitrogens with zero attached hydrogens (tertiary/aromatic N) is 1. The number of aryl methyl sites for hydroxylation is 2. The molecule has 2 N–H and O–H groups in total. The van der Waals surface area contributed by atoms with Crippen LogP contribution < -0.4 is 10.6 Å². The Hall–Kier alpha value is -4.13. The van der Waals surface area contributed by atoms with Gasteiger partial charge in [-0.15, -0.1) is 0 Å². The molecule has 3 aromatic rings. The number of alkyl carbamates (subject to hydrolysis) is 1. The fraction of sp³-hybridized carbons (Fsp3) is 0.382. The first-order chi connectivity index (χ1) is 19.4. The van der Waals surface area contributed by atoms with Crippen LogP contribution in [-0.2, 0) is 20.7 Å². The van der Waals surface area contributed by atoms with Crippen LogP contribution in [0, 0.1) is 13.8 Å². The summed E-state index contributed by atoms with van der Waals surface area (Å²) < 4.78 is 5.52. The number of benzene rings is 3. The third-order valence-corrected chi connectivity index (χ3v) is 6.91. The Morgan fingerprint density at radius 2 is 1.49 bits per heavy atom. The van der Waals surface area contributed by atoms with Gasteiger partial charge in [0.15, 0.2) is 0 Å². The van der Waals surface area contributed by atoms with Crippen LogP contribution in [-0.4, -0.2) is 40.5 Å². The lowest BCUT2D eigenvalue weighted by Gasteiger charge is -2.38. The van der Waals surface area contributed by atoms with Crippen LogP contribution in [0.4, 0.5) is 10.5 Å². The van der Waals surface area contributed by atoms with Crippen molar-refractivity contribution in [2.24, 2.45) is 0 Å². The fourth-order valence-electron chi connectivity index (χ4n) is 4.58. The maximum atomic E-state index is 14.5. The second-order valence-electron chi connectivity index (χ2n) is 11.5. The Bertz CT molecular complexity index is 1320. The van der Waals surface area contributed by atoms with E-state index >= 15 is 0 Å². The molecule has 0 radical (unpaired) electrons. The number of hydrogen-bond acceptors (Lipinski definition) is 4. The maximum absolute atomic E-state index is 14.5. The SMILES string of the molecule is CCC(C)N(C(=O)C(Cc1ccccc1)NC(=O)OC(C)(C)C)C(C(=O)Nc1ccccc1C)c1ccc(C)cc1. The highest BCUT2D eigenvalue weighted by atomic mass is 16.6. The molecule has 3 unspecified atom stereocenters. The van der Waals surface area contributed by atoms with Crippen LogP contribution in [0.15, 0.2) is 78.9 Å². The molecule has 0 aromatic heterocycles. The summed E-state index contributed by atoms with van der Waals surface area (Å²) in [6.45, 7) is 13.1. The summed E-state index contributed by atoms with van der Waals surface area (Å²) in [5, 5.41) is 5.86. The summed E-state index contributed by atoms with van der Waals surface area (Å²) in [6.07, 6.45) is 0.161. The van der Waals surface area contributed by atoms with Gasteiger partial charge in [0.05, 0.1) is 0 Å². The highest BCUT2D eigenvalue weighted by Gasteiger charge is 2.38. The molecule has 3 atom stereocenters. The van der Waals surface area contributed by atoms with Crippen molar-refractivity contribution in [1.82, 2.24) is 10.2 Å². The van der Waals surface area contributed by atoms with Crippen molar-refractivity contribution in [2.75, 3.05) is 5.32 Å². The Kier molecular flexibility index (Phi) is 10.7. The van der Waals surface area contributed by atoms with E-state index in [1.54, 1.807) is 25.7 Å². The van der Waals surface area contributed by atoms with Crippen LogP contribution in [0.1, 0.15) is 69.3 Å². The van der Waals surface area contributed by atoms with Crippen molar-refractivity contribution in [3.63, 3.8) is 0 Å². The van der Waals surface area contributed by atoms with Gasteiger partial charge in [0.25, 0.3) is 5.91 Å².